The van der Waals surface area contributed by atoms with Crippen LogP contribution >= 0.6 is 27.5 Å². The fourth-order valence-corrected chi connectivity index (χ4v) is 2.54. The van der Waals surface area contributed by atoms with Crippen molar-refractivity contribution in [3.05, 3.63) is 52.0 Å². The van der Waals surface area contributed by atoms with Crippen LogP contribution in [0, 0.1) is 0 Å². The molecule has 0 aromatic carbocycles. The number of hydrogen-bond acceptors (Lipinski definition) is 4. The Morgan fingerprint density at radius 2 is 2.25 bits per heavy atom. The van der Waals surface area contributed by atoms with Crippen molar-refractivity contribution in [1.82, 2.24) is 19.6 Å². The standard InChI is InChI=1S/C13H11BrClN5/c1-19(8-9-3-2-4-16-6-9)12-5-11(15)18-13-10(14)7-17-20(12)13/h2-7H,8H2,1H3. The van der Waals surface area contributed by atoms with E-state index in [-0.39, 0.29) is 0 Å². The van der Waals surface area contributed by atoms with E-state index < -0.39 is 0 Å². The van der Waals surface area contributed by atoms with Gasteiger partial charge in [-0.25, -0.2) is 4.98 Å². The lowest BCUT2D eigenvalue weighted by Gasteiger charge is -2.20. The fourth-order valence-electron chi connectivity index (χ4n) is 2.01. The second-order valence-electron chi connectivity index (χ2n) is 4.38. The van der Waals surface area contributed by atoms with E-state index in [1.165, 1.54) is 0 Å². The molecule has 3 aromatic rings. The van der Waals surface area contributed by atoms with E-state index in [2.05, 4.69) is 35.9 Å². The van der Waals surface area contributed by atoms with Crippen LogP contribution in [0.4, 0.5) is 5.82 Å². The number of halogens is 2. The zero-order chi connectivity index (χ0) is 14.1. The van der Waals surface area contributed by atoms with Crippen LogP contribution in [-0.4, -0.2) is 26.6 Å². The van der Waals surface area contributed by atoms with Gasteiger partial charge in [-0.1, -0.05) is 17.7 Å². The molecule has 3 aromatic heterocycles. The Morgan fingerprint density at radius 3 is 3.00 bits per heavy atom. The molecule has 3 rings (SSSR count). The summed E-state index contributed by atoms with van der Waals surface area (Å²) in [4.78, 5) is 10.4. The maximum atomic E-state index is 6.09. The topological polar surface area (TPSA) is 46.3 Å². The van der Waals surface area contributed by atoms with E-state index in [0.29, 0.717) is 17.3 Å². The van der Waals surface area contributed by atoms with Crippen molar-refractivity contribution in [1.29, 1.82) is 0 Å². The normalized spacial score (nSPS) is 10.9. The van der Waals surface area contributed by atoms with E-state index in [4.69, 9.17) is 11.6 Å². The molecule has 0 aliphatic carbocycles. The molecule has 3 heterocycles. The minimum absolute atomic E-state index is 0.437. The van der Waals surface area contributed by atoms with Gasteiger partial charge in [-0.2, -0.15) is 9.61 Å². The summed E-state index contributed by atoms with van der Waals surface area (Å²) >= 11 is 9.51. The van der Waals surface area contributed by atoms with E-state index in [0.717, 1.165) is 15.9 Å². The number of fused-ring (bicyclic) bond motifs is 1. The third-order valence-electron chi connectivity index (χ3n) is 2.91. The number of nitrogens with zero attached hydrogens (tertiary/aromatic N) is 5. The van der Waals surface area contributed by atoms with Gasteiger partial charge in [-0.3, -0.25) is 4.98 Å². The molecule has 0 atom stereocenters. The first kappa shape index (κ1) is 13.3. The van der Waals surface area contributed by atoms with Crippen molar-refractivity contribution >= 4 is 39.0 Å². The zero-order valence-electron chi connectivity index (χ0n) is 10.7. The highest BCUT2D eigenvalue weighted by Gasteiger charge is 2.12. The van der Waals surface area contributed by atoms with Gasteiger partial charge in [0.25, 0.3) is 0 Å². The van der Waals surface area contributed by atoms with Gasteiger partial charge < -0.3 is 4.90 Å². The maximum Gasteiger partial charge on any atom is 0.173 e. The summed E-state index contributed by atoms with van der Waals surface area (Å²) in [6.07, 6.45) is 5.31. The molecular formula is C13H11BrClN5. The first-order valence-corrected chi connectivity index (χ1v) is 7.12. The van der Waals surface area contributed by atoms with Crippen LogP contribution in [0.15, 0.2) is 41.3 Å². The highest BCUT2D eigenvalue weighted by Crippen LogP contribution is 2.24. The van der Waals surface area contributed by atoms with Crippen LogP contribution in [0.1, 0.15) is 5.56 Å². The largest absolute Gasteiger partial charge is 0.355 e. The molecule has 102 valence electrons. The van der Waals surface area contributed by atoms with Crippen LogP contribution in [0.3, 0.4) is 0 Å². The quantitative estimate of drug-likeness (QED) is 0.679. The molecule has 0 radical (unpaired) electrons. The second-order valence-corrected chi connectivity index (χ2v) is 5.62. The van der Waals surface area contributed by atoms with Gasteiger partial charge in [0.2, 0.25) is 0 Å². The summed E-state index contributed by atoms with van der Waals surface area (Å²) in [5.41, 5.74) is 1.81. The molecule has 0 aliphatic rings. The highest BCUT2D eigenvalue weighted by atomic mass is 79.9. The van der Waals surface area contributed by atoms with E-state index in [1.807, 2.05) is 25.4 Å². The summed E-state index contributed by atoms with van der Waals surface area (Å²) in [5.74, 6) is 0.870. The summed E-state index contributed by atoms with van der Waals surface area (Å²) < 4.78 is 2.57. The van der Waals surface area contributed by atoms with E-state index >= 15 is 0 Å². The summed E-state index contributed by atoms with van der Waals surface area (Å²) in [7, 11) is 1.98. The van der Waals surface area contributed by atoms with Crippen LogP contribution in [0.2, 0.25) is 5.15 Å². The molecule has 0 saturated carbocycles. The Morgan fingerprint density at radius 1 is 1.40 bits per heavy atom. The Hall–Kier alpha value is -1.66. The van der Waals surface area contributed by atoms with Crippen molar-refractivity contribution in [3.63, 3.8) is 0 Å². The molecular weight excluding hydrogens is 342 g/mol. The highest BCUT2D eigenvalue weighted by molar-refractivity contribution is 9.10. The van der Waals surface area contributed by atoms with E-state index in [1.54, 1.807) is 23.0 Å². The summed E-state index contributed by atoms with van der Waals surface area (Å²) in [6.45, 7) is 0.709. The first-order chi connectivity index (χ1) is 9.65. The van der Waals surface area contributed by atoms with Gasteiger partial charge in [0, 0.05) is 32.1 Å². The molecule has 0 aliphatic heterocycles. The van der Waals surface area contributed by atoms with E-state index in [9.17, 15) is 0 Å². The Kier molecular flexibility index (Phi) is 3.58. The van der Waals surface area contributed by atoms with Crippen LogP contribution in [0.5, 0.6) is 0 Å². The van der Waals surface area contributed by atoms with Crippen molar-refractivity contribution in [2.45, 2.75) is 6.54 Å². The van der Waals surface area contributed by atoms with Crippen molar-refractivity contribution in [2.24, 2.45) is 0 Å². The second kappa shape index (κ2) is 5.38. The van der Waals surface area contributed by atoms with Crippen molar-refractivity contribution in [2.75, 3.05) is 11.9 Å². The SMILES string of the molecule is CN(Cc1cccnc1)c1cc(Cl)nc2c(Br)cnn12. The predicted octanol–water partition coefficient (Wildman–Crippen LogP) is 3.18. The number of anilines is 1. The number of pyridine rings is 1. The Balaban J connectivity index is 2.01. The van der Waals surface area contributed by atoms with Gasteiger partial charge in [-0.05, 0) is 27.6 Å². The summed E-state index contributed by atoms with van der Waals surface area (Å²) in [5, 5.41) is 4.75. The third kappa shape index (κ3) is 2.48. The number of aromatic nitrogens is 4. The number of hydrogen-bond donors (Lipinski definition) is 0. The van der Waals surface area contributed by atoms with Crippen LogP contribution < -0.4 is 4.90 Å². The zero-order valence-corrected chi connectivity index (χ0v) is 13.0. The molecule has 5 nitrogen and oxygen atoms in total. The smallest absolute Gasteiger partial charge is 0.173 e. The van der Waals surface area contributed by atoms with Gasteiger partial charge >= 0.3 is 0 Å². The van der Waals surface area contributed by atoms with Gasteiger partial charge in [-0.15, -0.1) is 0 Å². The molecule has 0 N–H and O–H groups in total. The lowest BCUT2D eigenvalue weighted by atomic mass is 10.3. The minimum atomic E-state index is 0.437. The molecule has 0 bridgehead atoms. The lowest BCUT2D eigenvalue weighted by molar-refractivity contribution is 0.830. The van der Waals surface area contributed by atoms with Crippen LogP contribution in [-0.2, 0) is 6.54 Å². The monoisotopic (exact) mass is 351 g/mol. The molecule has 0 fully saturated rings. The minimum Gasteiger partial charge on any atom is -0.355 e. The Bertz CT molecular complexity index is 743. The molecule has 7 heteroatoms. The molecule has 0 spiro atoms. The lowest BCUT2D eigenvalue weighted by Crippen LogP contribution is -2.20. The molecule has 0 amide bonds. The van der Waals surface area contributed by atoms with Crippen molar-refractivity contribution < 1.29 is 0 Å². The van der Waals surface area contributed by atoms with Gasteiger partial charge in [0.15, 0.2) is 5.65 Å². The van der Waals surface area contributed by atoms with Gasteiger partial charge in [0.1, 0.15) is 11.0 Å². The fraction of sp³-hybridized carbons (Fsp3) is 0.154. The molecule has 0 saturated heterocycles. The Labute approximate surface area is 129 Å². The maximum absolute atomic E-state index is 6.09. The average molecular weight is 353 g/mol. The number of rotatable bonds is 3. The third-order valence-corrected chi connectivity index (χ3v) is 3.67. The first-order valence-electron chi connectivity index (χ1n) is 5.95. The molecule has 0 unspecified atom stereocenters. The van der Waals surface area contributed by atoms with Crippen LogP contribution in [0.25, 0.3) is 5.65 Å². The average Bonchev–Trinajstić information content (AvgIpc) is 2.81. The van der Waals surface area contributed by atoms with Gasteiger partial charge in [0.05, 0.1) is 10.7 Å². The predicted molar refractivity (Wildman–Crippen MR) is 82.0 cm³/mol. The van der Waals surface area contributed by atoms with Crippen molar-refractivity contribution in [3.8, 4) is 0 Å². The summed E-state index contributed by atoms with van der Waals surface area (Å²) in [6, 6.07) is 5.75. The molecule has 20 heavy (non-hydrogen) atoms.